The molecule has 0 aromatic carbocycles. The zero-order valence-corrected chi connectivity index (χ0v) is 13.0. The van der Waals surface area contributed by atoms with E-state index in [0.29, 0.717) is 0 Å². The summed E-state index contributed by atoms with van der Waals surface area (Å²) in [5, 5.41) is 0.726. The summed E-state index contributed by atoms with van der Waals surface area (Å²) < 4.78 is 9.10. The van der Waals surface area contributed by atoms with Crippen LogP contribution in [0.25, 0.3) is 0 Å². The molecule has 7 nitrogen and oxygen atoms in total. The van der Waals surface area contributed by atoms with Crippen LogP contribution in [0.5, 0.6) is 0 Å². The van der Waals surface area contributed by atoms with E-state index in [2.05, 4.69) is 4.74 Å². The molecule has 9 heteroatoms. The van der Waals surface area contributed by atoms with Gasteiger partial charge >= 0.3 is 11.9 Å². The first-order valence-electron chi connectivity index (χ1n) is 5.85. The number of ether oxygens (including phenoxy) is 2. The Labute approximate surface area is 130 Å². The molecule has 0 aromatic heterocycles. The lowest BCUT2D eigenvalue weighted by Crippen LogP contribution is -2.59. The number of esters is 2. The first-order chi connectivity index (χ1) is 9.86. The molecule has 1 saturated heterocycles. The highest BCUT2D eigenvalue weighted by molar-refractivity contribution is 8.03. The smallest absolute Gasteiger partial charge is 0.339 e. The number of halogens is 1. The minimum atomic E-state index is -1.16. The van der Waals surface area contributed by atoms with Gasteiger partial charge in [-0.2, -0.15) is 0 Å². The summed E-state index contributed by atoms with van der Waals surface area (Å²) in [4.78, 5) is 46.1. The standard InChI is InChI=1S/C12H14ClNO6S/c1-7(15)6-20-12(18)10(13)14-5-8(16)11(14)21-4-3-9(17)19-2/h3-4,10-11H,5-6H2,1-2H3. The normalized spacial score (nSPS) is 20.0. The Morgan fingerprint density at radius 1 is 1.52 bits per heavy atom. The third-order valence-corrected chi connectivity index (χ3v) is 3.94. The van der Waals surface area contributed by atoms with Crippen molar-refractivity contribution in [1.29, 1.82) is 0 Å². The van der Waals surface area contributed by atoms with Crippen LogP contribution < -0.4 is 0 Å². The van der Waals surface area contributed by atoms with Gasteiger partial charge in [0.1, 0.15) is 12.0 Å². The molecule has 2 atom stereocenters. The molecule has 0 radical (unpaired) electrons. The van der Waals surface area contributed by atoms with Gasteiger partial charge in [-0.05, 0) is 12.3 Å². The fourth-order valence-electron chi connectivity index (χ4n) is 1.38. The number of alkyl halides is 1. The average molecular weight is 336 g/mol. The summed E-state index contributed by atoms with van der Waals surface area (Å²) in [5.74, 6) is -1.77. The molecule has 0 aromatic rings. The fourth-order valence-corrected chi connectivity index (χ4v) is 2.61. The SMILES string of the molecule is COC(=O)C=CSC1C(=O)CN1C(Cl)C(=O)OCC(C)=O. The first-order valence-corrected chi connectivity index (χ1v) is 7.23. The van der Waals surface area contributed by atoms with E-state index in [-0.39, 0.29) is 24.7 Å². The van der Waals surface area contributed by atoms with E-state index in [9.17, 15) is 19.2 Å². The van der Waals surface area contributed by atoms with E-state index < -0.39 is 22.8 Å². The van der Waals surface area contributed by atoms with E-state index in [1.807, 2.05) is 0 Å². The third-order valence-electron chi connectivity index (χ3n) is 2.43. The molecule has 2 unspecified atom stereocenters. The summed E-state index contributed by atoms with van der Waals surface area (Å²) in [5.41, 5.74) is -1.16. The van der Waals surface area contributed by atoms with Gasteiger partial charge in [0.15, 0.2) is 17.1 Å². The Morgan fingerprint density at radius 2 is 2.19 bits per heavy atom. The number of nitrogens with zero attached hydrogens (tertiary/aromatic N) is 1. The molecule has 1 aliphatic heterocycles. The Hall–Kier alpha value is -1.38. The molecule has 1 rings (SSSR count). The number of methoxy groups -OCH3 is 1. The first kappa shape index (κ1) is 17.7. The highest BCUT2D eigenvalue weighted by Crippen LogP contribution is 2.30. The maximum atomic E-state index is 11.6. The average Bonchev–Trinajstić information content (AvgIpc) is 2.45. The summed E-state index contributed by atoms with van der Waals surface area (Å²) in [6, 6.07) is 0. The Bertz CT molecular complexity index is 480. The number of likely N-dealkylation sites (tertiary alicyclic amines) is 1. The predicted molar refractivity (Wildman–Crippen MR) is 75.5 cm³/mol. The molecule has 1 fully saturated rings. The second-order valence-electron chi connectivity index (χ2n) is 4.10. The molecule has 21 heavy (non-hydrogen) atoms. The molecule has 0 aliphatic carbocycles. The second-order valence-corrected chi connectivity index (χ2v) is 5.50. The number of hydrogen-bond donors (Lipinski definition) is 0. The summed E-state index contributed by atoms with van der Waals surface area (Å²) in [7, 11) is 1.23. The van der Waals surface area contributed by atoms with Crippen molar-refractivity contribution >= 4 is 46.9 Å². The molecule has 0 amide bonds. The maximum Gasteiger partial charge on any atom is 0.339 e. The van der Waals surface area contributed by atoms with Gasteiger partial charge in [0.2, 0.25) is 0 Å². The summed E-state index contributed by atoms with van der Waals surface area (Å²) >= 11 is 6.93. The molecule has 0 N–H and O–H groups in total. The number of carbonyl (C=O) groups is 4. The molecule has 1 heterocycles. The van der Waals surface area contributed by atoms with Crippen molar-refractivity contribution in [1.82, 2.24) is 4.90 Å². The van der Waals surface area contributed by atoms with Crippen molar-refractivity contribution in [3.63, 3.8) is 0 Å². The quantitative estimate of drug-likeness (QED) is 0.284. The monoisotopic (exact) mass is 335 g/mol. The van der Waals surface area contributed by atoms with Crippen LogP contribution in [0.4, 0.5) is 0 Å². The zero-order chi connectivity index (χ0) is 16.0. The van der Waals surface area contributed by atoms with Crippen LogP contribution in [-0.2, 0) is 28.7 Å². The van der Waals surface area contributed by atoms with Crippen LogP contribution in [0.15, 0.2) is 11.5 Å². The van der Waals surface area contributed by atoms with Gasteiger partial charge in [0.25, 0.3) is 0 Å². The lowest BCUT2D eigenvalue weighted by Gasteiger charge is -2.39. The van der Waals surface area contributed by atoms with Gasteiger partial charge in [-0.25, -0.2) is 9.59 Å². The minimum Gasteiger partial charge on any atom is -0.466 e. The molecular weight excluding hydrogens is 322 g/mol. The third kappa shape index (κ3) is 5.14. The number of hydrogen-bond acceptors (Lipinski definition) is 8. The van der Waals surface area contributed by atoms with Gasteiger partial charge in [-0.1, -0.05) is 11.6 Å². The van der Waals surface area contributed by atoms with E-state index >= 15 is 0 Å². The van der Waals surface area contributed by atoms with Crippen LogP contribution in [0.3, 0.4) is 0 Å². The molecule has 0 spiro atoms. The van der Waals surface area contributed by atoms with Crippen LogP contribution in [0.1, 0.15) is 6.92 Å². The van der Waals surface area contributed by atoms with Gasteiger partial charge in [-0.15, -0.1) is 11.8 Å². The summed E-state index contributed by atoms with van der Waals surface area (Å²) in [6.45, 7) is 0.927. The largest absolute Gasteiger partial charge is 0.466 e. The van der Waals surface area contributed by atoms with Crippen LogP contribution in [-0.4, -0.2) is 59.5 Å². The molecule has 116 valence electrons. The van der Waals surface area contributed by atoms with Crippen molar-refractivity contribution in [3.8, 4) is 0 Å². The number of ketones is 2. The molecular formula is C12H14ClNO6S. The number of thioether (sulfide) groups is 1. The van der Waals surface area contributed by atoms with Crippen LogP contribution in [0, 0.1) is 0 Å². The van der Waals surface area contributed by atoms with Crippen molar-refractivity contribution in [3.05, 3.63) is 11.5 Å². The summed E-state index contributed by atoms with van der Waals surface area (Å²) in [6.07, 6.45) is 1.16. The van der Waals surface area contributed by atoms with Gasteiger partial charge in [0.05, 0.1) is 13.7 Å². The van der Waals surface area contributed by atoms with E-state index in [1.54, 1.807) is 0 Å². The zero-order valence-electron chi connectivity index (χ0n) is 11.4. The molecule has 1 aliphatic rings. The highest BCUT2D eigenvalue weighted by atomic mass is 35.5. The van der Waals surface area contributed by atoms with E-state index in [1.165, 1.54) is 24.3 Å². The van der Waals surface area contributed by atoms with Crippen molar-refractivity contribution in [2.75, 3.05) is 20.3 Å². The van der Waals surface area contributed by atoms with E-state index in [4.69, 9.17) is 16.3 Å². The lowest BCUT2D eigenvalue weighted by atomic mass is 10.2. The number of Topliss-reactive ketones (excluding diaryl/α,β-unsaturated/α-hetero) is 2. The Morgan fingerprint density at radius 3 is 2.71 bits per heavy atom. The van der Waals surface area contributed by atoms with Gasteiger partial charge in [-0.3, -0.25) is 14.5 Å². The molecule has 0 saturated carbocycles. The second kappa shape index (κ2) is 8.16. The van der Waals surface area contributed by atoms with Crippen LogP contribution >= 0.6 is 23.4 Å². The number of carbonyl (C=O) groups excluding carboxylic acids is 4. The topological polar surface area (TPSA) is 90.0 Å². The van der Waals surface area contributed by atoms with Crippen molar-refractivity contribution in [2.45, 2.75) is 17.8 Å². The van der Waals surface area contributed by atoms with Gasteiger partial charge < -0.3 is 9.47 Å². The van der Waals surface area contributed by atoms with Gasteiger partial charge in [0, 0.05) is 6.08 Å². The predicted octanol–water partition coefficient (Wildman–Crippen LogP) is 0.314. The van der Waals surface area contributed by atoms with E-state index in [0.717, 1.165) is 17.8 Å². The Balaban J connectivity index is 2.52. The number of rotatable bonds is 7. The van der Waals surface area contributed by atoms with Crippen molar-refractivity contribution in [2.24, 2.45) is 0 Å². The maximum absolute atomic E-state index is 11.6. The highest BCUT2D eigenvalue weighted by Gasteiger charge is 2.44. The minimum absolute atomic E-state index is 0.00701. The molecule has 0 bridgehead atoms. The fraction of sp³-hybridized carbons (Fsp3) is 0.500. The van der Waals surface area contributed by atoms with Crippen molar-refractivity contribution < 1.29 is 28.7 Å². The van der Waals surface area contributed by atoms with Crippen LogP contribution in [0.2, 0.25) is 0 Å². The Kier molecular flexibility index (Phi) is 6.86. The lowest BCUT2D eigenvalue weighted by molar-refractivity contribution is -0.153.